The number of carboxylic acids is 1. The molecule has 6 nitrogen and oxygen atoms in total. The molecule has 1 aliphatic heterocycles. The highest BCUT2D eigenvalue weighted by molar-refractivity contribution is 5.73. The molecule has 0 atom stereocenters. The number of halogens is 3. The second kappa shape index (κ2) is 6.06. The van der Waals surface area contributed by atoms with E-state index in [0.29, 0.717) is 18.1 Å². The molecule has 9 heteroatoms. The van der Waals surface area contributed by atoms with Crippen LogP contribution in [-0.4, -0.2) is 27.5 Å². The third-order valence-electron chi connectivity index (χ3n) is 2.77. The number of alkyl halides is 3. The Balaban J connectivity index is 0.000000217. The molecule has 0 unspecified atom stereocenters. The number of fused-ring (bicyclic) bond motifs is 3. The molecule has 2 N–H and O–H groups in total. The number of nitrogens with zero attached hydrogens (tertiary/aromatic N) is 1. The van der Waals surface area contributed by atoms with Crippen molar-refractivity contribution >= 4 is 5.97 Å². The van der Waals surface area contributed by atoms with Crippen LogP contribution in [0.5, 0.6) is 5.75 Å². The average molecular weight is 317 g/mol. The zero-order valence-electron chi connectivity index (χ0n) is 10.9. The minimum absolute atomic E-state index is 0.121. The van der Waals surface area contributed by atoms with Crippen LogP contribution >= 0.6 is 0 Å². The summed E-state index contributed by atoms with van der Waals surface area (Å²) in [4.78, 5) is 8.90. The van der Waals surface area contributed by atoms with Gasteiger partial charge in [0.2, 0.25) is 0 Å². The fraction of sp³-hybridized carbons (Fsp3) is 0.231. The monoisotopic (exact) mass is 317 g/mol. The molecule has 0 fully saturated rings. The van der Waals surface area contributed by atoms with Gasteiger partial charge in [0, 0.05) is 0 Å². The van der Waals surface area contributed by atoms with Gasteiger partial charge >= 0.3 is 12.1 Å². The molecular formula is C13H10F3NO5. The molecule has 0 aliphatic carbocycles. The third kappa shape index (κ3) is 3.19. The largest absolute Gasteiger partial charge is 0.490 e. The molecule has 2 heterocycles. The molecule has 1 aromatic heterocycles. The van der Waals surface area contributed by atoms with Gasteiger partial charge in [-0.25, -0.2) is 4.79 Å². The zero-order valence-corrected chi connectivity index (χ0v) is 10.9. The van der Waals surface area contributed by atoms with Crippen LogP contribution in [0.3, 0.4) is 0 Å². The number of para-hydroxylation sites is 1. The minimum atomic E-state index is -5.08. The molecule has 0 spiro atoms. The minimum Gasteiger partial charge on any atom is -0.488 e. The first-order valence-corrected chi connectivity index (χ1v) is 5.95. The van der Waals surface area contributed by atoms with Crippen LogP contribution in [0.15, 0.2) is 28.8 Å². The van der Waals surface area contributed by atoms with Crippen molar-refractivity contribution in [2.75, 3.05) is 0 Å². The number of hydrogen-bond donors (Lipinski definition) is 2. The highest BCUT2D eigenvalue weighted by atomic mass is 19.4. The number of aliphatic hydroxyl groups excluding tert-OH is 1. The van der Waals surface area contributed by atoms with Crippen molar-refractivity contribution in [1.29, 1.82) is 0 Å². The summed E-state index contributed by atoms with van der Waals surface area (Å²) in [6.45, 7) is 0.288. The van der Waals surface area contributed by atoms with Crippen molar-refractivity contribution in [1.82, 2.24) is 5.16 Å². The average Bonchev–Trinajstić information content (AvgIpc) is 2.90. The summed E-state index contributed by atoms with van der Waals surface area (Å²) < 4.78 is 42.5. The van der Waals surface area contributed by atoms with Crippen molar-refractivity contribution in [3.63, 3.8) is 0 Å². The van der Waals surface area contributed by atoms with Crippen molar-refractivity contribution in [2.45, 2.75) is 19.4 Å². The lowest BCUT2D eigenvalue weighted by Gasteiger charge is -2.15. The number of carbonyl (C=O) groups is 1. The molecular weight excluding hydrogens is 307 g/mol. The van der Waals surface area contributed by atoms with Crippen LogP contribution in [0.1, 0.15) is 11.3 Å². The Morgan fingerprint density at radius 1 is 1.32 bits per heavy atom. The van der Waals surface area contributed by atoms with Gasteiger partial charge in [-0.1, -0.05) is 17.3 Å². The predicted octanol–water partition coefficient (Wildman–Crippen LogP) is 2.36. The zero-order chi connectivity index (χ0) is 16.3. The van der Waals surface area contributed by atoms with Crippen LogP contribution in [0, 0.1) is 0 Å². The van der Waals surface area contributed by atoms with Crippen molar-refractivity contribution in [3.8, 4) is 17.1 Å². The van der Waals surface area contributed by atoms with Crippen molar-refractivity contribution in [2.24, 2.45) is 0 Å². The molecule has 0 amide bonds. The van der Waals surface area contributed by atoms with E-state index < -0.39 is 12.1 Å². The Labute approximate surface area is 121 Å². The van der Waals surface area contributed by atoms with Gasteiger partial charge in [0.15, 0.2) is 5.76 Å². The number of aromatic nitrogens is 1. The fourth-order valence-corrected chi connectivity index (χ4v) is 1.76. The second-order valence-corrected chi connectivity index (χ2v) is 4.18. The van der Waals surface area contributed by atoms with E-state index in [0.717, 1.165) is 16.9 Å². The van der Waals surface area contributed by atoms with E-state index in [1.165, 1.54) is 0 Å². The number of rotatable bonds is 1. The Morgan fingerprint density at radius 3 is 2.55 bits per heavy atom. The van der Waals surface area contributed by atoms with Gasteiger partial charge in [0.05, 0.1) is 17.7 Å². The SMILES string of the molecule is O=C(O)C(F)(F)F.OCc1noc2c1COc1ccccc1-2. The van der Waals surface area contributed by atoms with Gasteiger partial charge in [-0.3, -0.25) is 0 Å². The summed E-state index contributed by atoms with van der Waals surface area (Å²) in [5.74, 6) is -1.25. The molecule has 1 aliphatic rings. The van der Waals surface area contributed by atoms with Crippen LogP contribution in [0.2, 0.25) is 0 Å². The normalized spacial score (nSPS) is 12.4. The van der Waals surface area contributed by atoms with E-state index in [1.54, 1.807) is 0 Å². The van der Waals surface area contributed by atoms with Gasteiger partial charge in [-0.15, -0.1) is 0 Å². The van der Waals surface area contributed by atoms with Crippen molar-refractivity contribution < 1.29 is 37.4 Å². The number of benzene rings is 1. The summed E-state index contributed by atoms with van der Waals surface area (Å²) in [5.41, 5.74) is 2.29. The maximum atomic E-state index is 10.6. The smallest absolute Gasteiger partial charge is 0.488 e. The topological polar surface area (TPSA) is 92.8 Å². The van der Waals surface area contributed by atoms with E-state index in [-0.39, 0.29) is 6.61 Å². The summed E-state index contributed by atoms with van der Waals surface area (Å²) in [6, 6.07) is 7.63. The van der Waals surface area contributed by atoms with Gasteiger partial charge in [-0.05, 0) is 12.1 Å². The molecule has 0 bridgehead atoms. The second-order valence-electron chi connectivity index (χ2n) is 4.18. The predicted molar refractivity (Wildman–Crippen MR) is 65.9 cm³/mol. The number of aliphatic hydroxyl groups is 1. The van der Waals surface area contributed by atoms with Gasteiger partial charge in [-0.2, -0.15) is 13.2 Å². The Bertz CT molecular complexity index is 681. The molecule has 0 saturated heterocycles. The standard InChI is InChI=1S/C11H9NO3.C2HF3O2/c13-5-9-8-6-14-10-4-2-1-3-7(10)11(8)15-12-9;3-2(4,5)1(6)7/h1-4,13H,5-6H2;(H,6,7). The lowest BCUT2D eigenvalue weighted by atomic mass is 10.0. The number of ether oxygens (including phenoxy) is 1. The van der Waals surface area contributed by atoms with Crippen LogP contribution in [0.4, 0.5) is 13.2 Å². The molecule has 118 valence electrons. The lowest BCUT2D eigenvalue weighted by molar-refractivity contribution is -0.192. The number of carboxylic acid groups (broad SMARTS) is 1. The van der Waals surface area contributed by atoms with Crippen molar-refractivity contribution in [3.05, 3.63) is 35.5 Å². The molecule has 22 heavy (non-hydrogen) atoms. The maximum Gasteiger partial charge on any atom is 0.490 e. The summed E-state index contributed by atoms with van der Waals surface area (Å²) >= 11 is 0. The first-order chi connectivity index (χ1) is 10.3. The molecule has 1 aromatic carbocycles. The summed E-state index contributed by atoms with van der Waals surface area (Å²) in [5, 5.41) is 20.0. The molecule has 0 radical (unpaired) electrons. The third-order valence-corrected chi connectivity index (χ3v) is 2.77. The Morgan fingerprint density at radius 2 is 1.95 bits per heavy atom. The highest BCUT2D eigenvalue weighted by Crippen LogP contribution is 2.38. The van der Waals surface area contributed by atoms with Crippen LogP contribution < -0.4 is 4.74 Å². The van der Waals surface area contributed by atoms with E-state index >= 15 is 0 Å². The van der Waals surface area contributed by atoms with E-state index in [9.17, 15) is 13.2 Å². The van der Waals surface area contributed by atoms with Gasteiger partial charge in [0.25, 0.3) is 0 Å². The Hall–Kier alpha value is -2.55. The molecule has 0 saturated carbocycles. The first-order valence-electron chi connectivity index (χ1n) is 5.95. The van der Waals surface area contributed by atoms with E-state index in [1.807, 2.05) is 24.3 Å². The van der Waals surface area contributed by atoms with Gasteiger partial charge < -0.3 is 19.5 Å². The molecule has 2 aromatic rings. The molecule has 3 rings (SSSR count). The number of aliphatic carboxylic acids is 1. The van der Waals surface area contributed by atoms with Crippen LogP contribution in [-0.2, 0) is 18.0 Å². The summed E-state index contributed by atoms with van der Waals surface area (Å²) in [6.07, 6.45) is -5.08. The van der Waals surface area contributed by atoms with E-state index in [4.69, 9.17) is 24.3 Å². The number of hydrogen-bond acceptors (Lipinski definition) is 5. The fourth-order valence-electron chi connectivity index (χ4n) is 1.76. The van der Waals surface area contributed by atoms with Crippen LogP contribution in [0.25, 0.3) is 11.3 Å². The van der Waals surface area contributed by atoms with Gasteiger partial charge in [0.1, 0.15) is 18.1 Å². The Kier molecular flexibility index (Phi) is 4.36. The van der Waals surface area contributed by atoms with E-state index in [2.05, 4.69) is 5.16 Å². The first kappa shape index (κ1) is 15.8. The maximum absolute atomic E-state index is 10.6. The highest BCUT2D eigenvalue weighted by Gasteiger charge is 2.38. The quantitative estimate of drug-likeness (QED) is 0.839. The summed E-state index contributed by atoms with van der Waals surface area (Å²) in [7, 11) is 0. The lowest BCUT2D eigenvalue weighted by Crippen LogP contribution is -2.21.